The summed E-state index contributed by atoms with van der Waals surface area (Å²) >= 11 is 0. The van der Waals surface area contributed by atoms with Crippen LogP contribution in [0.2, 0.25) is 0 Å². The lowest BCUT2D eigenvalue weighted by Crippen LogP contribution is -2.40. The third-order valence-corrected chi connectivity index (χ3v) is 3.79. The van der Waals surface area contributed by atoms with E-state index in [2.05, 4.69) is 5.32 Å². The largest absolute Gasteiger partial charge is 0.493 e. The normalized spacial score (nSPS) is 16.1. The molecule has 0 aliphatic carbocycles. The van der Waals surface area contributed by atoms with Crippen LogP contribution in [0.25, 0.3) is 0 Å². The molecule has 1 aromatic rings. The Hall–Kier alpha value is -1.55. The van der Waals surface area contributed by atoms with E-state index in [1.807, 2.05) is 42.3 Å². The maximum absolute atomic E-state index is 12.1. The van der Waals surface area contributed by atoms with E-state index in [9.17, 15) is 4.79 Å². The first-order valence-corrected chi connectivity index (χ1v) is 7.40. The summed E-state index contributed by atoms with van der Waals surface area (Å²) < 4.78 is 5.57. The molecule has 1 fully saturated rings. The minimum atomic E-state index is 0.212. The SMILES string of the molecule is CNCC1CCN(C(=O)CCOc2ccccc2)CC1. The number of rotatable bonds is 6. The number of carbonyl (C=O) groups is 1. The maximum Gasteiger partial charge on any atom is 0.225 e. The number of likely N-dealkylation sites (tertiary alicyclic amines) is 1. The number of amides is 1. The van der Waals surface area contributed by atoms with Gasteiger partial charge in [-0.25, -0.2) is 0 Å². The van der Waals surface area contributed by atoms with Crippen molar-refractivity contribution in [3.8, 4) is 5.75 Å². The van der Waals surface area contributed by atoms with Gasteiger partial charge in [0.25, 0.3) is 0 Å². The second-order valence-electron chi connectivity index (χ2n) is 5.29. The molecular formula is C16H24N2O2. The van der Waals surface area contributed by atoms with Crippen LogP contribution in [0.15, 0.2) is 30.3 Å². The number of hydrogen-bond donors (Lipinski definition) is 1. The van der Waals surface area contributed by atoms with Crippen molar-refractivity contribution in [3.05, 3.63) is 30.3 Å². The van der Waals surface area contributed by atoms with Crippen LogP contribution in [0, 0.1) is 5.92 Å². The quantitative estimate of drug-likeness (QED) is 0.863. The molecule has 20 heavy (non-hydrogen) atoms. The topological polar surface area (TPSA) is 41.6 Å². The Morgan fingerprint density at radius 2 is 2.00 bits per heavy atom. The number of para-hydroxylation sites is 1. The van der Waals surface area contributed by atoms with Gasteiger partial charge >= 0.3 is 0 Å². The van der Waals surface area contributed by atoms with Crippen LogP contribution in [0.4, 0.5) is 0 Å². The van der Waals surface area contributed by atoms with Gasteiger partial charge in [0.2, 0.25) is 5.91 Å². The Bertz CT molecular complexity index is 400. The van der Waals surface area contributed by atoms with Gasteiger partial charge in [0.05, 0.1) is 13.0 Å². The predicted octanol–water partition coefficient (Wildman–Crippen LogP) is 1.91. The summed E-state index contributed by atoms with van der Waals surface area (Å²) in [4.78, 5) is 14.1. The summed E-state index contributed by atoms with van der Waals surface area (Å²) in [6.45, 7) is 3.28. The van der Waals surface area contributed by atoms with Gasteiger partial charge in [-0.05, 0) is 44.5 Å². The monoisotopic (exact) mass is 276 g/mol. The third kappa shape index (κ3) is 4.53. The van der Waals surface area contributed by atoms with Gasteiger partial charge in [0, 0.05) is 13.1 Å². The van der Waals surface area contributed by atoms with E-state index in [0.29, 0.717) is 18.9 Å². The molecule has 1 aliphatic heterocycles. The van der Waals surface area contributed by atoms with Crippen LogP contribution in [0.5, 0.6) is 5.75 Å². The standard InChI is InChI=1S/C16H24N2O2/c1-17-13-14-7-10-18(11-8-14)16(19)9-12-20-15-5-3-2-4-6-15/h2-6,14,17H,7-13H2,1H3. The molecule has 0 spiro atoms. The second-order valence-corrected chi connectivity index (χ2v) is 5.29. The molecule has 1 amide bonds. The number of benzene rings is 1. The molecule has 1 aromatic carbocycles. The number of carbonyl (C=O) groups excluding carboxylic acids is 1. The summed E-state index contributed by atoms with van der Waals surface area (Å²) in [6.07, 6.45) is 2.67. The number of piperidine rings is 1. The zero-order valence-corrected chi connectivity index (χ0v) is 12.2. The van der Waals surface area contributed by atoms with Crippen LogP contribution in [-0.2, 0) is 4.79 Å². The first-order chi connectivity index (χ1) is 9.79. The predicted molar refractivity (Wildman–Crippen MR) is 79.8 cm³/mol. The van der Waals surface area contributed by atoms with E-state index in [4.69, 9.17) is 4.74 Å². The minimum absolute atomic E-state index is 0.212. The maximum atomic E-state index is 12.1. The highest BCUT2D eigenvalue weighted by atomic mass is 16.5. The Morgan fingerprint density at radius 1 is 1.30 bits per heavy atom. The number of ether oxygens (including phenoxy) is 1. The first-order valence-electron chi connectivity index (χ1n) is 7.40. The molecule has 1 N–H and O–H groups in total. The van der Waals surface area contributed by atoms with Crippen molar-refractivity contribution in [1.29, 1.82) is 0 Å². The molecule has 0 aromatic heterocycles. The van der Waals surface area contributed by atoms with Crippen molar-refractivity contribution in [2.75, 3.05) is 33.3 Å². The second kappa shape index (κ2) is 7.90. The van der Waals surface area contributed by atoms with Gasteiger partial charge in [-0.15, -0.1) is 0 Å². The summed E-state index contributed by atoms with van der Waals surface area (Å²) in [5.74, 6) is 1.75. The molecule has 1 saturated heterocycles. The Kier molecular flexibility index (Phi) is 5.87. The fourth-order valence-corrected chi connectivity index (χ4v) is 2.61. The van der Waals surface area contributed by atoms with Crippen LogP contribution in [-0.4, -0.2) is 44.1 Å². The van der Waals surface area contributed by atoms with Crippen LogP contribution in [0.3, 0.4) is 0 Å². The third-order valence-electron chi connectivity index (χ3n) is 3.79. The van der Waals surface area contributed by atoms with Gasteiger partial charge in [0.1, 0.15) is 5.75 Å². The lowest BCUT2D eigenvalue weighted by atomic mass is 9.97. The zero-order valence-electron chi connectivity index (χ0n) is 12.2. The van der Waals surface area contributed by atoms with Gasteiger partial charge in [0.15, 0.2) is 0 Å². The van der Waals surface area contributed by atoms with Crippen molar-refractivity contribution in [1.82, 2.24) is 10.2 Å². The van der Waals surface area contributed by atoms with Crippen LogP contribution < -0.4 is 10.1 Å². The van der Waals surface area contributed by atoms with E-state index < -0.39 is 0 Å². The summed E-state index contributed by atoms with van der Waals surface area (Å²) in [5, 5.41) is 3.21. The van der Waals surface area contributed by atoms with Crippen molar-refractivity contribution in [2.24, 2.45) is 5.92 Å². The molecule has 0 bridgehead atoms. The van der Waals surface area contributed by atoms with Gasteiger partial charge in [-0.2, -0.15) is 0 Å². The van der Waals surface area contributed by atoms with E-state index in [-0.39, 0.29) is 5.91 Å². The highest BCUT2D eigenvalue weighted by Gasteiger charge is 2.21. The van der Waals surface area contributed by atoms with E-state index in [0.717, 1.165) is 38.2 Å². The van der Waals surface area contributed by atoms with Gasteiger partial charge in [-0.3, -0.25) is 4.79 Å². The molecule has 1 heterocycles. The highest BCUT2D eigenvalue weighted by molar-refractivity contribution is 5.76. The molecule has 0 atom stereocenters. The fraction of sp³-hybridized carbons (Fsp3) is 0.562. The van der Waals surface area contributed by atoms with E-state index in [1.54, 1.807) is 0 Å². The highest BCUT2D eigenvalue weighted by Crippen LogP contribution is 2.17. The molecule has 2 rings (SSSR count). The van der Waals surface area contributed by atoms with Crippen molar-refractivity contribution in [2.45, 2.75) is 19.3 Å². The number of nitrogens with zero attached hydrogens (tertiary/aromatic N) is 1. The van der Waals surface area contributed by atoms with Crippen LogP contribution in [0.1, 0.15) is 19.3 Å². The minimum Gasteiger partial charge on any atom is -0.493 e. The molecule has 4 heteroatoms. The van der Waals surface area contributed by atoms with Gasteiger partial charge in [-0.1, -0.05) is 18.2 Å². The lowest BCUT2D eigenvalue weighted by Gasteiger charge is -2.32. The molecule has 0 unspecified atom stereocenters. The number of hydrogen-bond acceptors (Lipinski definition) is 3. The molecule has 110 valence electrons. The smallest absolute Gasteiger partial charge is 0.225 e. The van der Waals surface area contributed by atoms with Crippen molar-refractivity contribution < 1.29 is 9.53 Å². The zero-order chi connectivity index (χ0) is 14.2. The number of nitrogens with one attached hydrogen (secondary N) is 1. The average Bonchev–Trinajstić information content (AvgIpc) is 2.49. The van der Waals surface area contributed by atoms with Gasteiger partial charge < -0.3 is 15.0 Å². The van der Waals surface area contributed by atoms with Crippen molar-refractivity contribution >= 4 is 5.91 Å². The molecule has 0 radical (unpaired) electrons. The van der Waals surface area contributed by atoms with E-state index in [1.165, 1.54) is 0 Å². The fourth-order valence-electron chi connectivity index (χ4n) is 2.61. The lowest BCUT2D eigenvalue weighted by molar-refractivity contribution is -0.133. The van der Waals surface area contributed by atoms with Crippen LogP contribution >= 0.6 is 0 Å². The Balaban J connectivity index is 1.66. The first kappa shape index (κ1) is 14.9. The average molecular weight is 276 g/mol. The molecule has 0 saturated carbocycles. The Morgan fingerprint density at radius 3 is 2.65 bits per heavy atom. The summed E-state index contributed by atoms with van der Waals surface area (Å²) in [6, 6.07) is 9.64. The summed E-state index contributed by atoms with van der Waals surface area (Å²) in [5.41, 5.74) is 0. The molecule has 4 nitrogen and oxygen atoms in total. The molecule has 1 aliphatic rings. The summed E-state index contributed by atoms with van der Waals surface area (Å²) in [7, 11) is 1.98. The Labute approximate surface area is 121 Å². The van der Waals surface area contributed by atoms with Crippen molar-refractivity contribution in [3.63, 3.8) is 0 Å². The molecular weight excluding hydrogens is 252 g/mol. The van der Waals surface area contributed by atoms with E-state index >= 15 is 0 Å².